The number of nitrogen functional groups attached to an aromatic ring is 1. The Balaban J connectivity index is 3.51. The van der Waals surface area contributed by atoms with Crippen molar-refractivity contribution in [1.82, 2.24) is 0 Å². The summed E-state index contributed by atoms with van der Waals surface area (Å²) in [6.07, 6.45) is 0.685. The van der Waals surface area contributed by atoms with Crippen LogP contribution in [0.2, 0.25) is 5.02 Å². The van der Waals surface area contributed by atoms with Crippen molar-refractivity contribution in [2.45, 2.75) is 13.8 Å². The highest BCUT2D eigenvalue weighted by Gasteiger charge is 2.08. The van der Waals surface area contributed by atoms with Crippen LogP contribution in [0.1, 0.15) is 21.5 Å². The zero-order chi connectivity index (χ0) is 9.30. The Morgan fingerprint density at radius 1 is 1.50 bits per heavy atom. The average molecular weight is 184 g/mol. The first-order valence-corrected chi connectivity index (χ1v) is 3.96. The lowest BCUT2D eigenvalue weighted by Crippen LogP contribution is -1.99. The monoisotopic (exact) mass is 183 g/mol. The third-order valence-electron chi connectivity index (χ3n) is 2.00. The molecule has 0 bridgehead atoms. The maximum atomic E-state index is 10.5. The number of benzene rings is 1. The predicted octanol–water partition coefficient (Wildman–Crippen LogP) is 2.35. The van der Waals surface area contributed by atoms with E-state index < -0.39 is 0 Å². The van der Waals surface area contributed by atoms with Gasteiger partial charge in [-0.25, -0.2) is 0 Å². The van der Waals surface area contributed by atoms with Crippen LogP contribution >= 0.6 is 11.6 Å². The molecule has 0 saturated carbocycles. The molecule has 0 fully saturated rings. The van der Waals surface area contributed by atoms with E-state index in [0.717, 1.165) is 11.1 Å². The minimum atomic E-state index is 0.389. The second kappa shape index (κ2) is 3.15. The zero-order valence-corrected chi connectivity index (χ0v) is 7.77. The van der Waals surface area contributed by atoms with Crippen LogP contribution in [-0.4, -0.2) is 6.29 Å². The zero-order valence-electron chi connectivity index (χ0n) is 7.02. The van der Waals surface area contributed by atoms with Gasteiger partial charge in [-0.1, -0.05) is 11.6 Å². The summed E-state index contributed by atoms with van der Waals surface area (Å²) in [5, 5.41) is 0.422. The van der Waals surface area contributed by atoms with Crippen molar-refractivity contribution in [3.63, 3.8) is 0 Å². The van der Waals surface area contributed by atoms with E-state index in [4.69, 9.17) is 17.3 Å². The fourth-order valence-corrected chi connectivity index (χ4v) is 1.35. The van der Waals surface area contributed by atoms with Crippen LogP contribution in [0.3, 0.4) is 0 Å². The average Bonchev–Trinajstić information content (AvgIpc) is 2.01. The molecule has 0 aliphatic carbocycles. The largest absolute Gasteiger partial charge is 0.398 e. The molecule has 2 N–H and O–H groups in total. The second-order valence-corrected chi connectivity index (χ2v) is 3.15. The maximum absolute atomic E-state index is 10.5. The number of aldehydes is 1. The van der Waals surface area contributed by atoms with Gasteiger partial charge >= 0.3 is 0 Å². The molecule has 0 atom stereocenters. The minimum absolute atomic E-state index is 0.389. The van der Waals surface area contributed by atoms with Gasteiger partial charge in [0.2, 0.25) is 0 Å². The van der Waals surface area contributed by atoms with Crippen LogP contribution in [0.5, 0.6) is 0 Å². The molecule has 1 aromatic carbocycles. The van der Waals surface area contributed by atoms with E-state index in [0.29, 0.717) is 22.6 Å². The Labute approximate surface area is 76.3 Å². The van der Waals surface area contributed by atoms with Crippen molar-refractivity contribution in [3.05, 3.63) is 27.8 Å². The number of halogens is 1. The molecule has 3 heteroatoms. The van der Waals surface area contributed by atoms with Gasteiger partial charge in [-0.15, -0.1) is 0 Å². The van der Waals surface area contributed by atoms with E-state index in [9.17, 15) is 4.79 Å². The first-order valence-electron chi connectivity index (χ1n) is 3.58. The number of carbonyl (C=O) groups is 1. The topological polar surface area (TPSA) is 43.1 Å². The molecule has 1 rings (SSSR count). The standard InChI is InChI=1S/C9H10ClNO/c1-5-3-8(10)7(4-12)9(11)6(5)2/h3-4H,11H2,1-2H3. The molecule has 0 aromatic heterocycles. The summed E-state index contributed by atoms with van der Waals surface area (Å²) in [6, 6.07) is 1.75. The maximum Gasteiger partial charge on any atom is 0.153 e. The summed E-state index contributed by atoms with van der Waals surface area (Å²) >= 11 is 5.80. The molecule has 1 aromatic rings. The van der Waals surface area contributed by atoms with Crippen LogP contribution in [-0.2, 0) is 0 Å². The highest BCUT2D eigenvalue weighted by molar-refractivity contribution is 6.33. The molecular weight excluding hydrogens is 174 g/mol. The molecule has 0 saturated heterocycles. The quantitative estimate of drug-likeness (QED) is 0.537. The van der Waals surface area contributed by atoms with E-state index in [1.165, 1.54) is 0 Å². The summed E-state index contributed by atoms with van der Waals surface area (Å²) in [4.78, 5) is 10.5. The van der Waals surface area contributed by atoms with Gasteiger partial charge in [0, 0.05) is 5.69 Å². The fourth-order valence-electron chi connectivity index (χ4n) is 1.04. The molecule has 0 spiro atoms. The number of hydrogen-bond acceptors (Lipinski definition) is 2. The number of hydrogen-bond donors (Lipinski definition) is 1. The third kappa shape index (κ3) is 1.30. The lowest BCUT2D eigenvalue weighted by molar-refractivity contribution is 0.112. The smallest absolute Gasteiger partial charge is 0.153 e. The lowest BCUT2D eigenvalue weighted by atomic mass is 10.0. The lowest BCUT2D eigenvalue weighted by Gasteiger charge is -2.08. The third-order valence-corrected chi connectivity index (χ3v) is 2.32. The molecule has 0 radical (unpaired) electrons. The van der Waals surface area contributed by atoms with Crippen LogP contribution in [0.4, 0.5) is 5.69 Å². The molecular formula is C9H10ClNO. The van der Waals surface area contributed by atoms with Gasteiger partial charge in [-0.3, -0.25) is 4.79 Å². The van der Waals surface area contributed by atoms with Gasteiger partial charge in [0.1, 0.15) is 0 Å². The van der Waals surface area contributed by atoms with Gasteiger partial charge in [0.15, 0.2) is 6.29 Å². The number of carbonyl (C=O) groups excluding carboxylic acids is 1. The summed E-state index contributed by atoms with van der Waals surface area (Å²) in [7, 11) is 0. The molecule has 0 amide bonds. The van der Waals surface area contributed by atoms with Crippen LogP contribution in [0.25, 0.3) is 0 Å². The summed E-state index contributed by atoms with van der Waals surface area (Å²) in [6.45, 7) is 3.78. The van der Waals surface area contributed by atoms with Crippen molar-refractivity contribution < 1.29 is 4.79 Å². The van der Waals surface area contributed by atoms with Crippen molar-refractivity contribution in [1.29, 1.82) is 0 Å². The number of rotatable bonds is 1. The van der Waals surface area contributed by atoms with Crippen LogP contribution < -0.4 is 5.73 Å². The summed E-state index contributed by atoms with van der Waals surface area (Å²) in [5.74, 6) is 0. The summed E-state index contributed by atoms with van der Waals surface area (Å²) in [5.41, 5.74) is 8.47. The van der Waals surface area contributed by atoms with E-state index in [1.54, 1.807) is 6.07 Å². The molecule has 12 heavy (non-hydrogen) atoms. The predicted molar refractivity (Wildman–Crippen MR) is 50.7 cm³/mol. The second-order valence-electron chi connectivity index (χ2n) is 2.75. The highest BCUT2D eigenvalue weighted by atomic mass is 35.5. The van der Waals surface area contributed by atoms with Gasteiger partial charge in [-0.2, -0.15) is 0 Å². The van der Waals surface area contributed by atoms with E-state index >= 15 is 0 Å². The van der Waals surface area contributed by atoms with E-state index in [-0.39, 0.29) is 0 Å². The normalized spacial score (nSPS) is 9.92. The molecule has 0 unspecified atom stereocenters. The van der Waals surface area contributed by atoms with Crippen molar-refractivity contribution in [3.8, 4) is 0 Å². The van der Waals surface area contributed by atoms with Crippen molar-refractivity contribution >= 4 is 23.6 Å². The Hall–Kier alpha value is -1.02. The molecule has 2 nitrogen and oxygen atoms in total. The van der Waals surface area contributed by atoms with E-state index in [1.807, 2.05) is 13.8 Å². The summed E-state index contributed by atoms with van der Waals surface area (Å²) < 4.78 is 0. The van der Waals surface area contributed by atoms with Crippen LogP contribution in [0.15, 0.2) is 6.07 Å². The molecule has 0 aliphatic heterocycles. The first-order chi connectivity index (χ1) is 5.57. The SMILES string of the molecule is Cc1cc(Cl)c(C=O)c(N)c1C. The van der Waals surface area contributed by atoms with Gasteiger partial charge < -0.3 is 5.73 Å². The number of nitrogens with two attached hydrogens (primary N) is 1. The highest BCUT2D eigenvalue weighted by Crippen LogP contribution is 2.26. The van der Waals surface area contributed by atoms with E-state index in [2.05, 4.69) is 0 Å². The Morgan fingerprint density at radius 3 is 2.58 bits per heavy atom. The van der Waals surface area contributed by atoms with Crippen molar-refractivity contribution in [2.75, 3.05) is 5.73 Å². The minimum Gasteiger partial charge on any atom is -0.398 e. The van der Waals surface area contributed by atoms with Gasteiger partial charge in [0.05, 0.1) is 10.6 Å². The fraction of sp³-hybridized carbons (Fsp3) is 0.222. The Bertz CT molecular complexity index is 334. The van der Waals surface area contributed by atoms with Gasteiger partial charge in [-0.05, 0) is 31.0 Å². The first kappa shape index (κ1) is 9.07. The molecule has 0 aliphatic rings. The van der Waals surface area contributed by atoms with Gasteiger partial charge in [0.25, 0.3) is 0 Å². The number of anilines is 1. The molecule has 64 valence electrons. The molecule has 0 heterocycles. The van der Waals surface area contributed by atoms with Crippen molar-refractivity contribution in [2.24, 2.45) is 0 Å². The number of aryl methyl sites for hydroxylation is 1. The van der Waals surface area contributed by atoms with Crippen LogP contribution in [0, 0.1) is 13.8 Å². The Morgan fingerprint density at radius 2 is 2.08 bits per heavy atom. The Kier molecular flexibility index (Phi) is 2.38.